The number of hydrogen-bond acceptors (Lipinski definition) is 4. The molecule has 0 unspecified atom stereocenters. The number of ether oxygens (including phenoxy) is 1. The summed E-state index contributed by atoms with van der Waals surface area (Å²) in [6, 6.07) is 3.33. The van der Waals surface area contributed by atoms with Crippen LogP contribution in [0.25, 0.3) is 0 Å². The van der Waals surface area contributed by atoms with Crippen LogP contribution in [0.4, 0.5) is 5.69 Å². The summed E-state index contributed by atoms with van der Waals surface area (Å²) in [5.41, 5.74) is 5.85. The van der Waals surface area contributed by atoms with Crippen LogP contribution in [-0.2, 0) is 4.74 Å². The Hall–Kier alpha value is -1.62. The maximum atomic E-state index is 11.7. The van der Waals surface area contributed by atoms with Gasteiger partial charge in [0.2, 0.25) is 0 Å². The predicted octanol–water partition coefficient (Wildman–Crippen LogP) is 0.819. The van der Waals surface area contributed by atoms with E-state index in [0.29, 0.717) is 12.2 Å². The second kappa shape index (κ2) is 4.94. The van der Waals surface area contributed by atoms with Crippen molar-refractivity contribution in [3.05, 3.63) is 24.0 Å². The number of nitrogen functional groups attached to an aromatic ring is 1. The summed E-state index contributed by atoms with van der Waals surface area (Å²) in [5.74, 6) is -0.289. The first-order valence-corrected chi connectivity index (χ1v) is 5.00. The molecule has 0 aliphatic rings. The molecular formula is C11H17N3O2. The van der Waals surface area contributed by atoms with Gasteiger partial charge < -0.3 is 15.8 Å². The number of pyridine rings is 1. The molecule has 0 fully saturated rings. The zero-order valence-electron chi connectivity index (χ0n) is 9.78. The second-order valence-corrected chi connectivity index (χ2v) is 4.09. The van der Waals surface area contributed by atoms with Gasteiger partial charge in [-0.2, -0.15) is 0 Å². The molecule has 0 aromatic carbocycles. The van der Waals surface area contributed by atoms with Crippen LogP contribution in [0.1, 0.15) is 24.3 Å². The molecule has 0 spiro atoms. The van der Waals surface area contributed by atoms with Crippen LogP contribution in [0.5, 0.6) is 0 Å². The fraction of sp³-hybridized carbons (Fsp3) is 0.455. The van der Waals surface area contributed by atoms with Crippen molar-refractivity contribution < 1.29 is 9.53 Å². The van der Waals surface area contributed by atoms with Gasteiger partial charge in [0.1, 0.15) is 0 Å². The summed E-state index contributed by atoms with van der Waals surface area (Å²) < 4.78 is 5.19. The van der Waals surface area contributed by atoms with Gasteiger partial charge in [0.25, 0.3) is 5.91 Å². The number of nitrogens with two attached hydrogens (primary N) is 1. The first-order chi connectivity index (χ1) is 7.46. The molecule has 0 bridgehead atoms. The number of rotatable bonds is 4. The largest absolute Gasteiger partial charge is 0.397 e. The van der Waals surface area contributed by atoms with Gasteiger partial charge in [-0.3, -0.25) is 4.79 Å². The Kier molecular flexibility index (Phi) is 3.84. The minimum absolute atomic E-state index is 0.245. The van der Waals surface area contributed by atoms with Crippen molar-refractivity contribution in [1.82, 2.24) is 10.3 Å². The number of aromatic nitrogens is 1. The highest BCUT2D eigenvalue weighted by atomic mass is 16.5. The number of carbonyl (C=O) groups is 1. The lowest BCUT2D eigenvalue weighted by molar-refractivity contribution is 0.0228. The molecule has 0 saturated heterocycles. The Morgan fingerprint density at radius 3 is 2.88 bits per heavy atom. The number of methoxy groups -OCH3 is 1. The molecular weight excluding hydrogens is 206 g/mol. The smallest absolute Gasteiger partial charge is 0.272 e. The molecule has 5 nitrogen and oxygen atoms in total. The normalized spacial score (nSPS) is 11.2. The van der Waals surface area contributed by atoms with Crippen molar-refractivity contribution in [2.75, 3.05) is 19.4 Å². The lowest BCUT2D eigenvalue weighted by Crippen LogP contribution is -2.40. The van der Waals surface area contributed by atoms with Crippen LogP contribution < -0.4 is 11.1 Å². The topological polar surface area (TPSA) is 77.2 Å². The average Bonchev–Trinajstić information content (AvgIpc) is 2.27. The average molecular weight is 223 g/mol. The molecule has 1 heterocycles. The number of hydrogen-bond donors (Lipinski definition) is 2. The summed E-state index contributed by atoms with van der Waals surface area (Å²) in [7, 11) is 1.60. The minimum atomic E-state index is -0.404. The molecule has 0 atom stereocenters. The van der Waals surface area contributed by atoms with Gasteiger partial charge >= 0.3 is 0 Å². The van der Waals surface area contributed by atoms with Gasteiger partial charge in [-0.1, -0.05) is 0 Å². The second-order valence-electron chi connectivity index (χ2n) is 4.09. The maximum absolute atomic E-state index is 11.7. The lowest BCUT2D eigenvalue weighted by Gasteiger charge is -2.23. The summed E-state index contributed by atoms with van der Waals surface area (Å²) in [5, 5.41) is 2.72. The molecule has 0 saturated carbocycles. The van der Waals surface area contributed by atoms with E-state index in [4.69, 9.17) is 10.5 Å². The quantitative estimate of drug-likeness (QED) is 0.792. The Bertz CT molecular complexity index is 377. The number of anilines is 1. The summed E-state index contributed by atoms with van der Waals surface area (Å²) in [6.07, 6.45) is 1.53. The van der Waals surface area contributed by atoms with E-state index in [0.717, 1.165) is 0 Å². The molecule has 88 valence electrons. The molecule has 1 amide bonds. The van der Waals surface area contributed by atoms with Crippen molar-refractivity contribution >= 4 is 11.6 Å². The van der Waals surface area contributed by atoms with Crippen LogP contribution in [0, 0.1) is 0 Å². The zero-order chi connectivity index (χ0) is 12.2. The molecule has 5 heteroatoms. The monoisotopic (exact) mass is 223 g/mol. The third kappa shape index (κ3) is 3.20. The van der Waals surface area contributed by atoms with E-state index in [9.17, 15) is 4.79 Å². The maximum Gasteiger partial charge on any atom is 0.272 e. The van der Waals surface area contributed by atoms with E-state index in [2.05, 4.69) is 10.3 Å². The van der Waals surface area contributed by atoms with Gasteiger partial charge in [0, 0.05) is 19.9 Å². The van der Waals surface area contributed by atoms with Gasteiger partial charge in [0.15, 0.2) is 5.69 Å². The first-order valence-electron chi connectivity index (χ1n) is 5.00. The number of nitrogens with one attached hydrogen (secondary N) is 1. The third-order valence-corrected chi connectivity index (χ3v) is 2.28. The molecule has 1 rings (SSSR count). The fourth-order valence-corrected chi connectivity index (χ4v) is 1.06. The number of nitrogens with zero attached hydrogens (tertiary/aromatic N) is 1. The van der Waals surface area contributed by atoms with E-state index in [-0.39, 0.29) is 11.6 Å². The first kappa shape index (κ1) is 12.4. The predicted molar refractivity (Wildman–Crippen MR) is 62.1 cm³/mol. The SMILES string of the molecule is COC(C)(C)CNC(=O)c1ncccc1N. The van der Waals surface area contributed by atoms with Gasteiger partial charge in [-0.05, 0) is 26.0 Å². The summed E-state index contributed by atoms with van der Waals surface area (Å²) >= 11 is 0. The van der Waals surface area contributed by atoms with E-state index in [1.54, 1.807) is 19.2 Å². The van der Waals surface area contributed by atoms with Crippen molar-refractivity contribution in [3.8, 4) is 0 Å². The Labute approximate surface area is 95.0 Å². The number of carbonyl (C=O) groups excluding carboxylic acids is 1. The molecule has 0 radical (unpaired) electrons. The summed E-state index contributed by atoms with van der Waals surface area (Å²) in [6.45, 7) is 4.17. The summed E-state index contributed by atoms with van der Waals surface area (Å²) in [4.78, 5) is 15.6. The van der Waals surface area contributed by atoms with Crippen molar-refractivity contribution in [3.63, 3.8) is 0 Å². The highest BCUT2D eigenvalue weighted by Crippen LogP contribution is 2.08. The highest BCUT2D eigenvalue weighted by Gasteiger charge is 2.19. The van der Waals surface area contributed by atoms with Crippen LogP contribution in [0.15, 0.2) is 18.3 Å². The molecule has 0 aliphatic heterocycles. The Morgan fingerprint density at radius 2 is 2.31 bits per heavy atom. The van der Waals surface area contributed by atoms with Crippen LogP contribution in [-0.4, -0.2) is 30.1 Å². The van der Waals surface area contributed by atoms with Crippen molar-refractivity contribution in [2.45, 2.75) is 19.4 Å². The fourth-order valence-electron chi connectivity index (χ4n) is 1.06. The highest BCUT2D eigenvalue weighted by molar-refractivity contribution is 5.96. The van der Waals surface area contributed by atoms with Crippen molar-refractivity contribution in [1.29, 1.82) is 0 Å². The van der Waals surface area contributed by atoms with E-state index in [1.165, 1.54) is 6.20 Å². The van der Waals surface area contributed by atoms with E-state index >= 15 is 0 Å². The number of amides is 1. The van der Waals surface area contributed by atoms with Crippen LogP contribution >= 0.6 is 0 Å². The Balaban J connectivity index is 2.64. The van der Waals surface area contributed by atoms with E-state index in [1.807, 2.05) is 13.8 Å². The lowest BCUT2D eigenvalue weighted by atomic mass is 10.1. The van der Waals surface area contributed by atoms with Gasteiger partial charge in [-0.25, -0.2) is 4.98 Å². The molecule has 0 aliphatic carbocycles. The molecule has 16 heavy (non-hydrogen) atoms. The van der Waals surface area contributed by atoms with Gasteiger partial charge in [0.05, 0.1) is 11.3 Å². The van der Waals surface area contributed by atoms with E-state index < -0.39 is 5.60 Å². The molecule has 1 aromatic rings. The third-order valence-electron chi connectivity index (χ3n) is 2.28. The van der Waals surface area contributed by atoms with Crippen LogP contribution in [0.2, 0.25) is 0 Å². The standard InChI is InChI=1S/C11H17N3O2/c1-11(2,16-3)7-14-10(15)9-8(12)5-4-6-13-9/h4-6H,7,12H2,1-3H3,(H,14,15). The molecule has 1 aromatic heterocycles. The Morgan fingerprint density at radius 1 is 1.62 bits per heavy atom. The molecule has 3 N–H and O–H groups in total. The zero-order valence-corrected chi connectivity index (χ0v) is 9.78. The van der Waals surface area contributed by atoms with Crippen LogP contribution in [0.3, 0.4) is 0 Å². The van der Waals surface area contributed by atoms with Gasteiger partial charge in [-0.15, -0.1) is 0 Å². The van der Waals surface area contributed by atoms with Crippen molar-refractivity contribution in [2.24, 2.45) is 0 Å². The minimum Gasteiger partial charge on any atom is -0.397 e.